The first-order valence-electron chi connectivity index (χ1n) is 50.3. The molecule has 0 saturated carbocycles. The zero-order valence-corrected chi connectivity index (χ0v) is 80.8. The summed E-state index contributed by atoms with van der Waals surface area (Å²) in [7, 11) is 0. The summed E-state index contributed by atoms with van der Waals surface area (Å²) in [6.45, 7) is 0. The number of fused-ring (bicyclic) bond motifs is 15. The topological polar surface area (TPSA) is 115 Å². The SMILES string of the molecule is c1ccc(-c2cc(-c3cc(-n4c5ccccc5c5ccccc54)cc(-n4c5ccccc5c5ccccc54)c3)nc(-c3ccccc3)n2)cc1.c1ccc(-c2ccc(-c3cc(-c4ccc(-n5c6ccccc6c6ccccc65)cc4)nc(-c4ccccc4)n3)cc2)cc1.c1ccc(-c2nc(-c3ccccc3)nc(-c3cccc(-n4c5ccccc5c5ccc(-c6ccc7c(c6)c6ccccc6n7-c6ccccc6)cc54)c3)n2)cc1. The molecule has 12 nitrogen and oxygen atoms in total. The minimum Gasteiger partial charge on any atom is -0.309 e. The standard InChI is InChI=1S/C51H33N5.C46H30N4.C40H27N3/c1-4-15-34(16-5-1)49-52-50(35-17-6-2-7-18-35)54-51(53-49)38-19-14-22-40(31-38)56-45-25-12-10-23-41(45)43-29-27-37(33-48(43)56)36-28-30-47-44(32-36)42-24-11-13-26-46(42)55(47)39-20-8-3-9-21-39;1-3-15-31(16-4-1)40-30-41(48-46(47-40)32-17-5-2-6-18-32)33-27-34(49-42-23-11-7-19-36(42)37-20-8-12-24-43(37)49)29-35(28-33)50-44-25-13-9-21-38(44)39-22-10-14-26-45(39)50;1-3-11-28(12-4-1)29-19-21-30(22-20-29)36-27-37(42-40(41-36)32-13-5-2-6-14-32)31-23-25-33(26-24-31)43-38-17-9-7-15-34(38)35-16-8-10-18-39(35)43/h1-33H;1-30H;1-27H. The number of benzene rings is 21. The molecule has 0 radical (unpaired) electrons. The fraction of sp³-hybridized carbons (Fsp3) is 0. The summed E-state index contributed by atoms with van der Waals surface area (Å²) in [5, 5.41) is 12.3. The first-order chi connectivity index (χ1) is 73.9. The van der Waals surface area contributed by atoms with Crippen LogP contribution < -0.4 is 0 Å². The second-order valence-electron chi connectivity index (χ2n) is 37.5. The Balaban J connectivity index is 0.000000111. The molecule has 29 aromatic rings. The van der Waals surface area contributed by atoms with Gasteiger partial charge in [0.15, 0.2) is 29.1 Å². The summed E-state index contributed by atoms with van der Waals surface area (Å²) in [4.78, 5) is 35.4. The molecule has 0 saturated heterocycles. The van der Waals surface area contributed by atoms with E-state index in [1.165, 1.54) is 92.6 Å². The largest absolute Gasteiger partial charge is 0.309 e. The van der Waals surface area contributed by atoms with Crippen LogP contribution in [0, 0.1) is 0 Å². The normalized spacial score (nSPS) is 11.5. The molecule has 12 heteroatoms. The van der Waals surface area contributed by atoms with Gasteiger partial charge in [-0.15, -0.1) is 0 Å². The van der Waals surface area contributed by atoms with Gasteiger partial charge in [0.2, 0.25) is 0 Å². The molecule has 0 aliphatic rings. The van der Waals surface area contributed by atoms with Crippen LogP contribution in [0.15, 0.2) is 546 Å². The zero-order chi connectivity index (χ0) is 98.6. The molecule has 0 bridgehead atoms. The molecule has 8 aromatic heterocycles. The third kappa shape index (κ3) is 16.3. The minimum absolute atomic E-state index is 0.629. The second kappa shape index (κ2) is 37.9. The van der Waals surface area contributed by atoms with Gasteiger partial charge >= 0.3 is 0 Å². The number of para-hydroxylation sites is 9. The smallest absolute Gasteiger partial charge is 0.164 e. The van der Waals surface area contributed by atoms with Crippen molar-refractivity contribution in [2.75, 3.05) is 0 Å². The van der Waals surface area contributed by atoms with E-state index in [1.54, 1.807) is 0 Å². The van der Waals surface area contributed by atoms with Crippen molar-refractivity contribution in [3.8, 4) is 153 Å². The van der Waals surface area contributed by atoms with Gasteiger partial charge in [-0.2, -0.15) is 0 Å². The Labute approximate surface area is 859 Å². The fourth-order valence-electron chi connectivity index (χ4n) is 21.5. The monoisotopic (exact) mass is 1900 g/mol. The molecule has 8 heterocycles. The van der Waals surface area contributed by atoms with E-state index in [0.717, 1.165) is 140 Å². The Morgan fingerprint density at radius 2 is 0.329 bits per heavy atom. The Morgan fingerprint density at radius 1 is 0.101 bits per heavy atom. The molecule has 0 spiro atoms. The molecular formula is C137H90N12. The molecule has 0 aliphatic carbocycles. The molecule has 0 atom stereocenters. The lowest BCUT2D eigenvalue weighted by Gasteiger charge is -2.16. The van der Waals surface area contributed by atoms with Crippen LogP contribution in [-0.4, -0.2) is 57.7 Å². The van der Waals surface area contributed by atoms with Crippen molar-refractivity contribution in [3.63, 3.8) is 0 Å². The predicted molar refractivity (Wildman–Crippen MR) is 615 cm³/mol. The Hall–Kier alpha value is -20.2. The fourth-order valence-corrected chi connectivity index (χ4v) is 21.5. The molecule has 0 fully saturated rings. The summed E-state index contributed by atoms with van der Waals surface area (Å²) >= 11 is 0. The summed E-state index contributed by atoms with van der Waals surface area (Å²) < 4.78 is 11.9. The average Bonchev–Trinajstić information content (AvgIpc) is 1.60. The first kappa shape index (κ1) is 87.8. The average molecular weight is 1900 g/mol. The van der Waals surface area contributed by atoms with Crippen molar-refractivity contribution >= 4 is 109 Å². The van der Waals surface area contributed by atoms with Crippen LogP contribution in [-0.2, 0) is 0 Å². The third-order valence-electron chi connectivity index (χ3n) is 28.5. The van der Waals surface area contributed by atoms with Gasteiger partial charge < -0.3 is 22.8 Å². The lowest BCUT2D eigenvalue weighted by molar-refractivity contribution is 1.07. The van der Waals surface area contributed by atoms with Crippen molar-refractivity contribution in [1.29, 1.82) is 0 Å². The number of rotatable bonds is 16. The number of hydrogen-bond acceptors (Lipinski definition) is 7. The lowest BCUT2D eigenvalue weighted by atomic mass is 10.0. The Kier molecular flexibility index (Phi) is 22.3. The molecular weight excluding hydrogens is 1810 g/mol. The van der Waals surface area contributed by atoms with Crippen molar-refractivity contribution in [3.05, 3.63) is 546 Å². The van der Waals surface area contributed by atoms with E-state index >= 15 is 0 Å². The predicted octanol–water partition coefficient (Wildman–Crippen LogP) is 34.6. The first-order valence-corrected chi connectivity index (χ1v) is 50.3. The maximum absolute atomic E-state index is 5.26. The van der Waals surface area contributed by atoms with E-state index in [0.29, 0.717) is 29.1 Å². The molecule has 21 aromatic carbocycles. The van der Waals surface area contributed by atoms with Crippen LogP contribution in [0.25, 0.3) is 262 Å². The van der Waals surface area contributed by atoms with Gasteiger partial charge in [0.05, 0.1) is 77.9 Å². The van der Waals surface area contributed by atoms with Crippen LogP contribution in [0.3, 0.4) is 0 Å². The van der Waals surface area contributed by atoms with Gasteiger partial charge in [-0.1, -0.05) is 413 Å². The molecule has 0 amide bonds. The van der Waals surface area contributed by atoms with Crippen LogP contribution in [0.5, 0.6) is 0 Å². The Morgan fingerprint density at radius 3 is 0.718 bits per heavy atom. The molecule has 0 N–H and O–H groups in total. The zero-order valence-electron chi connectivity index (χ0n) is 80.8. The van der Waals surface area contributed by atoms with E-state index in [-0.39, 0.29) is 0 Å². The van der Waals surface area contributed by atoms with Gasteiger partial charge in [-0.3, -0.25) is 0 Å². The van der Waals surface area contributed by atoms with Gasteiger partial charge in [0.1, 0.15) is 0 Å². The lowest BCUT2D eigenvalue weighted by Crippen LogP contribution is -2.01. The van der Waals surface area contributed by atoms with Crippen molar-refractivity contribution in [1.82, 2.24) is 57.7 Å². The van der Waals surface area contributed by atoms with E-state index in [2.05, 4.69) is 460 Å². The highest BCUT2D eigenvalue weighted by molar-refractivity contribution is 6.15. The molecule has 0 unspecified atom stereocenters. The van der Waals surface area contributed by atoms with Crippen LogP contribution >= 0.6 is 0 Å². The Bertz CT molecular complexity index is 9720. The van der Waals surface area contributed by atoms with Crippen LogP contribution in [0.4, 0.5) is 0 Å². The van der Waals surface area contributed by atoms with E-state index in [1.807, 2.05) is 109 Å². The van der Waals surface area contributed by atoms with Crippen LogP contribution in [0.2, 0.25) is 0 Å². The second-order valence-corrected chi connectivity index (χ2v) is 37.5. The molecule has 29 rings (SSSR count). The molecule has 149 heavy (non-hydrogen) atoms. The molecule has 0 aliphatic heterocycles. The van der Waals surface area contributed by atoms with Gasteiger partial charge in [-0.05, 0) is 156 Å². The summed E-state index contributed by atoms with van der Waals surface area (Å²) in [6, 6.07) is 192. The van der Waals surface area contributed by atoms with Gasteiger partial charge in [0.25, 0.3) is 0 Å². The highest BCUT2D eigenvalue weighted by atomic mass is 15.1. The highest BCUT2D eigenvalue weighted by Crippen LogP contribution is 2.45. The summed E-state index contributed by atoms with van der Waals surface area (Å²) in [6.07, 6.45) is 0. The minimum atomic E-state index is 0.629. The summed E-state index contributed by atoms with van der Waals surface area (Å²) in [5.74, 6) is 3.33. The maximum Gasteiger partial charge on any atom is 0.164 e. The quantitative estimate of drug-likeness (QED) is 0.0946. The maximum atomic E-state index is 5.26. The summed E-state index contributed by atoms with van der Waals surface area (Å²) in [5.41, 5.74) is 34.4. The van der Waals surface area contributed by atoms with E-state index in [9.17, 15) is 0 Å². The van der Waals surface area contributed by atoms with E-state index < -0.39 is 0 Å². The molecule has 698 valence electrons. The van der Waals surface area contributed by atoms with E-state index in [4.69, 9.17) is 34.9 Å². The third-order valence-corrected chi connectivity index (χ3v) is 28.5. The number of aromatic nitrogens is 12. The number of nitrogens with zero attached hydrogens (tertiary/aromatic N) is 12. The van der Waals surface area contributed by atoms with Crippen molar-refractivity contribution in [2.45, 2.75) is 0 Å². The number of hydrogen-bond donors (Lipinski definition) is 0. The van der Waals surface area contributed by atoms with Gasteiger partial charge in [-0.25, -0.2) is 34.9 Å². The highest BCUT2D eigenvalue weighted by Gasteiger charge is 2.25. The van der Waals surface area contributed by atoms with Crippen molar-refractivity contribution < 1.29 is 0 Å². The van der Waals surface area contributed by atoms with Crippen LogP contribution in [0.1, 0.15) is 0 Å². The van der Waals surface area contributed by atoms with Crippen molar-refractivity contribution in [2.24, 2.45) is 0 Å². The van der Waals surface area contributed by atoms with Gasteiger partial charge in [0, 0.05) is 132 Å².